The van der Waals surface area contributed by atoms with Gasteiger partial charge in [0.2, 0.25) is 0 Å². The average molecular weight is 262 g/mol. The highest BCUT2D eigenvalue weighted by molar-refractivity contribution is 5.78. The number of hydrogen-bond donors (Lipinski definition) is 2. The summed E-state index contributed by atoms with van der Waals surface area (Å²) < 4.78 is 11.3. The summed E-state index contributed by atoms with van der Waals surface area (Å²) in [4.78, 5) is 0. The van der Waals surface area contributed by atoms with E-state index in [1.165, 1.54) is 0 Å². The summed E-state index contributed by atoms with van der Waals surface area (Å²) in [6, 6.07) is 7.70. The fourth-order valence-corrected chi connectivity index (χ4v) is 2.04. The molecule has 0 bridgehead atoms. The van der Waals surface area contributed by atoms with E-state index in [2.05, 4.69) is 6.92 Å². The summed E-state index contributed by atoms with van der Waals surface area (Å²) in [6.45, 7) is 3.46. The van der Waals surface area contributed by atoms with Crippen molar-refractivity contribution in [3.63, 3.8) is 0 Å². The van der Waals surface area contributed by atoms with Crippen LogP contribution in [0.4, 0.5) is 0 Å². The van der Waals surface area contributed by atoms with Crippen molar-refractivity contribution in [2.45, 2.75) is 32.6 Å². The van der Waals surface area contributed by atoms with Crippen molar-refractivity contribution in [1.82, 2.24) is 0 Å². The first kappa shape index (κ1) is 13.7. The highest BCUT2D eigenvalue weighted by Crippen LogP contribution is 2.48. The van der Waals surface area contributed by atoms with Crippen LogP contribution in [-0.2, 0) is 0 Å². The van der Waals surface area contributed by atoms with Crippen molar-refractivity contribution >= 4 is 5.84 Å². The maximum Gasteiger partial charge on any atom is 0.119 e. The first-order valence-electron chi connectivity index (χ1n) is 6.82. The summed E-state index contributed by atoms with van der Waals surface area (Å²) in [5.41, 5.74) is 5.58. The molecule has 1 aliphatic carbocycles. The molecule has 1 fully saturated rings. The lowest BCUT2D eigenvalue weighted by atomic mass is 10.0. The Balaban J connectivity index is 1.81. The van der Waals surface area contributed by atoms with Crippen LogP contribution in [0.3, 0.4) is 0 Å². The maximum absolute atomic E-state index is 7.37. The Hall–Kier alpha value is -1.71. The van der Waals surface area contributed by atoms with Gasteiger partial charge in [0.1, 0.15) is 11.5 Å². The number of hydrogen-bond acceptors (Lipinski definition) is 3. The highest BCUT2D eigenvalue weighted by Gasteiger charge is 2.43. The smallest absolute Gasteiger partial charge is 0.119 e. The van der Waals surface area contributed by atoms with E-state index in [0.29, 0.717) is 13.0 Å². The third kappa shape index (κ3) is 4.16. The van der Waals surface area contributed by atoms with Crippen molar-refractivity contribution in [3.8, 4) is 11.5 Å². The highest BCUT2D eigenvalue weighted by atomic mass is 16.5. The minimum Gasteiger partial charge on any atom is -0.494 e. The quantitative estimate of drug-likeness (QED) is 0.559. The molecule has 3 N–H and O–H groups in total. The van der Waals surface area contributed by atoms with Gasteiger partial charge in [-0.2, -0.15) is 0 Å². The van der Waals surface area contributed by atoms with E-state index in [1.54, 1.807) is 0 Å². The van der Waals surface area contributed by atoms with E-state index in [4.69, 9.17) is 20.6 Å². The Morgan fingerprint density at radius 3 is 2.26 bits per heavy atom. The SMILES string of the molecule is CCCOc1ccc(OCC2(CC(=N)N)CC2)cc1. The van der Waals surface area contributed by atoms with E-state index in [1.807, 2.05) is 24.3 Å². The van der Waals surface area contributed by atoms with E-state index >= 15 is 0 Å². The second-order valence-electron chi connectivity index (χ2n) is 5.31. The standard InChI is InChI=1S/C15H22N2O2/c1-2-9-18-12-3-5-13(6-4-12)19-11-15(7-8-15)10-14(16)17/h3-6H,2,7-11H2,1H3,(H3,16,17). The lowest BCUT2D eigenvalue weighted by molar-refractivity contribution is 0.238. The van der Waals surface area contributed by atoms with Crippen molar-refractivity contribution in [2.75, 3.05) is 13.2 Å². The van der Waals surface area contributed by atoms with Crippen LogP contribution in [0.2, 0.25) is 0 Å². The summed E-state index contributed by atoms with van der Waals surface area (Å²) >= 11 is 0. The first-order chi connectivity index (χ1) is 9.13. The van der Waals surface area contributed by atoms with Crippen molar-refractivity contribution in [2.24, 2.45) is 11.1 Å². The third-order valence-corrected chi connectivity index (χ3v) is 3.36. The molecule has 1 aromatic carbocycles. The molecular weight excluding hydrogens is 240 g/mol. The maximum atomic E-state index is 7.37. The molecular formula is C15H22N2O2. The molecule has 0 aliphatic heterocycles. The van der Waals surface area contributed by atoms with Crippen LogP contribution >= 0.6 is 0 Å². The Morgan fingerprint density at radius 2 is 1.79 bits per heavy atom. The van der Waals surface area contributed by atoms with Crippen LogP contribution in [0.15, 0.2) is 24.3 Å². The Bertz CT molecular complexity index is 424. The van der Waals surface area contributed by atoms with Crippen LogP contribution in [0.1, 0.15) is 32.6 Å². The zero-order valence-corrected chi connectivity index (χ0v) is 11.4. The van der Waals surface area contributed by atoms with E-state index in [0.717, 1.165) is 37.4 Å². The van der Waals surface area contributed by atoms with Gasteiger partial charge in [-0.25, -0.2) is 0 Å². The topological polar surface area (TPSA) is 68.3 Å². The third-order valence-electron chi connectivity index (χ3n) is 3.36. The predicted molar refractivity (Wildman–Crippen MR) is 75.9 cm³/mol. The molecule has 4 nitrogen and oxygen atoms in total. The first-order valence-corrected chi connectivity index (χ1v) is 6.82. The Kier molecular flexibility index (Phi) is 4.30. The van der Waals surface area contributed by atoms with Crippen LogP contribution in [0.5, 0.6) is 11.5 Å². The van der Waals surface area contributed by atoms with Gasteiger partial charge in [0, 0.05) is 11.8 Å². The summed E-state index contributed by atoms with van der Waals surface area (Å²) in [6.07, 6.45) is 3.85. The molecule has 1 aromatic rings. The molecule has 0 amide bonds. The van der Waals surface area contributed by atoms with Gasteiger partial charge in [0.25, 0.3) is 0 Å². The largest absolute Gasteiger partial charge is 0.494 e. The number of benzene rings is 1. The fourth-order valence-electron chi connectivity index (χ4n) is 2.04. The number of nitrogens with two attached hydrogens (primary N) is 1. The molecule has 19 heavy (non-hydrogen) atoms. The molecule has 0 unspecified atom stereocenters. The molecule has 1 aliphatic rings. The summed E-state index contributed by atoms with van der Waals surface area (Å²) in [5, 5.41) is 7.37. The Labute approximate surface area is 114 Å². The monoisotopic (exact) mass is 262 g/mol. The lowest BCUT2D eigenvalue weighted by Crippen LogP contribution is -2.21. The van der Waals surface area contributed by atoms with Crippen LogP contribution in [-0.4, -0.2) is 19.0 Å². The minimum absolute atomic E-state index is 0.114. The average Bonchev–Trinajstić information content (AvgIpc) is 3.14. The molecule has 4 heteroatoms. The van der Waals surface area contributed by atoms with Gasteiger partial charge in [-0.3, -0.25) is 5.41 Å². The number of rotatable bonds is 8. The van der Waals surface area contributed by atoms with Gasteiger partial charge in [-0.15, -0.1) is 0 Å². The molecule has 104 valence electrons. The van der Waals surface area contributed by atoms with Crippen molar-refractivity contribution in [1.29, 1.82) is 5.41 Å². The van der Waals surface area contributed by atoms with Gasteiger partial charge < -0.3 is 15.2 Å². The van der Waals surface area contributed by atoms with Gasteiger partial charge in [0.05, 0.1) is 19.0 Å². The van der Waals surface area contributed by atoms with Crippen molar-refractivity contribution < 1.29 is 9.47 Å². The summed E-state index contributed by atoms with van der Waals surface area (Å²) in [5.74, 6) is 1.97. The normalized spacial score (nSPS) is 15.8. The number of amidine groups is 1. The molecule has 0 heterocycles. The fraction of sp³-hybridized carbons (Fsp3) is 0.533. The molecule has 1 saturated carbocycles. The zero-order valence-electron chi connectivity index (χ0n) is 11.4. The number of ether oxygens (including phenoxy) is 2. The van der Waals surface area contributed by atoms with Gasteiger partial charge in [0.15, 0.2) is 0 Å². The molecule has 0 atom stereocenters. The lowest BCUT2D eigenvalue weighted by Gasteiger charge is -2.15. The van der Waals surface area contributed by atoms with Crippen LogP contribution in [0, 0.1) is 10.8 Å². The van der Waals surface area contributed by atoms with Gasteiger partial charge >= 0.3 is 0 Å². The zero-order chi connectivity index (χ0) is 13.7. The minimum atomic E-state index is 0.114. The molecule has 0 spiro atoms. The van der Waals surface area contributed by atoms with Gasteiger partial charge in [-0.1, -0.05) is 6.92 Å². The number of nitrogens with one attached hydrogen (secondary N) is 1. The second-order valence-corrected chi connectivity index (χ2v) is 5.31. The predicted octanol–water partition coefficient (Wildman–Crippen LogP) is 2.96. The van der Waals surface area contributed by atoms with Crippen LogP contribution < -0.4 is 15.2 Å². The Morgan fingerprint density at radius 1 is 1.21 bits per heavy atom. The molecule has 0 aromatic heterocycles. The van der Waals surface area contributed by atoms with Crippen molar-refractivity contribution in [3.05, 3.63) is 24.3 Å². The summed E-state index contributed by atoms with van der Waals surface area (Å²) in [7, 11) is 0. The molecule has 2 rings (SSSR count). The van der Waals surface area contributed by atoms with E-state index in [9.17, 15) is 0 Å². The molecule has 0 saturated heterocycles. The molecule has 0 radical (unpaired) electrons. The van der Waals surface area contributed by atoms with E-state index < -0.39 is 0 Å². The van der Waals surface area contributed by atoms with Gasteiger partial charge in [-0.05, 0) is 43.5 Å². The van der Waals surface area contributed by atoms with Crippen LogP contribution in [0.25, 0.3) is 0 Å². The van der Waals surface area contributed by atoms with E-state index in [-0.39, 0.29) is 11.3 Å². The second kappa shape index (κ2) is 5.95.